The first-order chi connectivity index (χ1) is 9.09. The Hall–Kier alpha value is -1.32. The maximum absolute atomic E-state index is 9.87. The molecule has 2 aromatic rings. The smallest absolute Gasteiger partial charge is 0.0781 e. The minimum Gasteiger partial charge on any atom is -0.389 e. The lowest BCUT2D eigenvalue weighted by Crippen LogP contribution is -2.31. The Bertz CT molecular complexity index is 507. The number of benzene rings is 1. The molecule has 0 saturated carbocycles. The highest BCUT2D eigenvalue weighted by Gasteiger charge is 2.16. The molecule has 1 unspecified atom stereocenters. The van der Waals surface area contributed by atoms with Crippen LogP contribution >= 0.6 is 11.3 Å². The third-order valence-corrected chi connectivity index (χ3v) is 4.40. The molecule has 0 bridgehead atoms. The average molecular weight is 275 g/mol. The van der Waals surface area contributed by atoms with Gasteiger partial charge >= 0.3 is 0 Å². The third-order valence-electron chi connectivity index (χ3n) is 3.50. The number of hydrogen-bond acceptors (Lipinski definition) is 3. The molecule has 2 rings (SSSR count). The largest absolute Gasteiger partial charge is 0.389 e. The van der Waals surface area contributed by atoms with Crippen molar-refractivity contribution in [3.05, 3.63) is 52.2 Å². The van der Waals surface area contributed by atoms with Crippen molar-refractivity contribution in [1.82, 2.24) is 0 Å². The molecule has 0 spiro atoms. The summed E-state index contributed by atoms with van der Waals surface area (Å²) in [6.45, 7) is 4.04. The normalized spacial score (nSPS) is 14.1. The zero-order valence-electron chi connectivity index (χ0n) is 11.7. The maximum atomic E-state index is 9.87. The number of para-hydroxylation sites is 1. The number of hydrogen-bond donors (Lipinski definition) is 1. The van der Waals surface area contributed by atoms with Crippen LogP contribution < -0.4 is 4.90 Å². The highest BCUT2D eigenvalue weighted by atomic mass is 32.1. The van der Waals surface area contributed by atoms with Gasteiger partial charge in [-0.2, -0.15) is 0 Å². The van der Waals surface area contributed by atoms with E-state index in [2.05, 4.69) is 42.5 Å². The lowest BCUT2D eigenvalue weighted by molar-refractivity contribution is 0.199. The first kappa shape index (κ1) is 14.1. The van der Waals surface area contributed by atoms with Crippen molar-refractivity contribution in [2.45, 2.75) is 32.4 Å². The molecule has 0 aliphatic carbocycles. The minimum atomic E-state index is -0.437. The molecule has 0 fully saturated rings. The van der Waals surface area contributed by atoms with E-state index in [1.165, 1.54) is 4.88 Å². The average Bonchev–Trinajstić information content (AvgIpc) is 2.90. The predicted molar refractivity (Wildman–Crippen MR) is 83.0 cm³/mol. The van der Waals surface area contributed by atoms with Crippen LogP contribution in [0.4, 0.5) is 5.69 Å². The van der Waals surface area contributed by atoms with Gasteiger partial charge in [0.15, 0.2) is 0 Å². The standard InChI is InChI=1S/C16H21NOS/c1-12(11-14-7-6-10-19-14)17(3)16-9-5-4-8-15(16)13(2)18/h4-10,12-13,18H,11H2,1-3H3/t12?,13-/m1/s1. The summed E-state index contributed by atoms with van der Waals surface area (Å²) in [6.07, 6.45) is 0.593. The molecule has 1 aromatic heterocycles. The van der Waals surface area contributed by atoms with E-state index >= 15 is 0 Å². The molecule has 2 nitrogen and oxygen atoms in total. The Morgan fingerprint density at radius 3 is 2.53 bits per heavy atom. The van der Waals surface area contributed by atoms with Crippen LogP contribution in [0.3, 0.4) is 0 Å². The van der Waals surface area contributed by atoms with Crippen LogP contribution in [0.15, 0.2) is 41.8 Å². The van der Waals surface area contributed by atoms with Gasteiger partial charge in [0.1, 0.15) is 0 Å². The molecule has 2 atom stereocenters. The third kappa shape index (κ3) is 3.37. The highest BCUT2D eigenvalue weighted by Crippen LogP contribution is 2.27. The second-order valence-electron chi connectivity index (χ2n) is 4.98. The quantitative estimate of drug-likeness (QED) is 0.895. The van der Waals surface area contributed by atoms with Crippen molar-refractivity contribution in [1.29, 1.82) is 0 Å². The van der Waals surface area contributed by atoms with Gasteiger partial charge in [-0.1, -0.05) is 24.3 Å². The number of nitrogens with zero attached hydrogens (tertiary/aromatic N) is 1. The summed E-state index contributed by atoms with van der Waals surface area (Å²) in [7, 11) is 2.10. The molecule has 3 heteroatoms. The molecule has 1 N–H and O–H groups in total. The predicted octanol–water partition coefficient (Wildman–Crippen LogP) is 3.87. The van der Waals surface area contributed by atoms with Crippen LogP contribution in [0, 0.1) is 0 Å². The van der Waals surface area contributed by atoms with Gasteiger partial charge in [0.25, 0.3) is 0 Å². The van der Waals surface area contributed by atoms with Crippen LogP contribution in [-0.2, 0) is 6.42 Å². The number of thiophene rings is 1. The molecule has 19 heavy (non-hydrogen) atoms. The number of anilines is 1. The minimum absolute atomic E-state index is 0.401. The fraction of sp³-hybridized carbons (Fsp3) is 0.375. The van der Waals surface area contributed by atoms with Crippen molar-refractivity contribution in [3.63, 3.8) is 0 Å². The molecule has 0 amide bonds. The highest BCUT2D eigenvalue weighted by molar-refractivity contribution is 7.09. The molecule has 102 valence electrons. The van der Waals surface area contributed by atoms with E-state index in [-0.39, 0.29) is 0 Å². The lowest BCUT2D eigenvalue weighted by atomic mass is 10.1. The van der Waals surface area contributed by atoms with Gasteiger partial charge in [0.2, 0.25) is 0 Å². The van der Waals surface area contributed by atoms with Gasteiger partial charge in [-0.05, 0) is 31.4 Å². The van der Waals surface area contributed by atoms with E-state index in [1.54, 1.807) is 11.3 Å². The van der Waals surface area contributed by atoms with Gasteiger partial charge in [0, 0.05) is 35.6 Å². The Morgan fingerprint density at radius 2 is 1.89 bits per heavy atom. The van der Waals surface area contributed by atoms with Crippen LogP contribution in [0.2, 0.25) is 0 Å². The van der Waals surface area contributed by atoms with Gasteiger partial charge in [-0.15, -0.1) is 11.3 Å². The molecule has 0 radical (unpaired) electrons. The Kier molecular flexibility index (Phi) is 4.61. The van der Waals surface area contributed by atoms with Crippen LogP contribution in [0.1, 0.15) is 30.4 Å². The maximum Gasteiger partial charge on any atom is 0.0781 e. The molecular formula is C16H21NOS. The summed E-state index contributed by atoms with van der Waals surface area (Å²) in [5.74, 6) is 0. The topological polar surface area (TPSA) is 23.5 Å². The van der Waals surface area contributed by atoms with E-state index in [0.717, 1.165) is 17.7 Å². The van der Waals surface area contributed by atoms with Crippen LogP contribution in [-0.4, -0.2) is 18.2 Å². The number of likely N-dealkylation sites (N-methyl/N-ethyl adjacent to an activating group) is 1. The van der Waals surface area contributed by atoms with Gasteiger partial charge in [0.05, 0.1) is 6.10 Å². The summed E-state index contributed by atoms with van der Waals surface area (Å²) in [6, 6.07) is 12.7. The van der Waals surface area contributed by atoms with E-state index < -0.39 is 6.10 Å². The van der Waals surface area contributed by atoms with Crippen molar-refractivity contribution >= 4 is 17.0 Å². The second kappa shape index (κ2) is 6.22. The molecule has 0 aliphatic rings. The van der Waals surface area contributed by atoms with Crippen LogP contribution in [0.5, 0.6) is 0 Å². The van der Waals surface area contributed by atoms with Crippen molar-refractivity contribution in [2.75, 3.05) is 11.9 Å². The number of rotatable bonds is 5. The van der Waals surface area contributed by atoms with Crippen LogP contribution in [0.25, 0.3) is 0 Å². The lowest BCUT2D eigenvalue weighted by Gasteiger charge is -2.29. The summed E-state index contributed by atoms with van der Waals surface area (Å²) >= 11 is 1.80. The first-order valence-electron chi connectivity index (χ1n) is 6.61. The SMILES string of the molecule is CC(Cc1cccs1)N(C)c1ccccc1[C@@H](C)O. The Labute approximate surface area is 119 Å². The second-order valence-corrected chi connectivity index (χ2v) is 6.01. The van der Waals surface area contributed by atoms with Gasteiger partial charge in [-0.25, -0.2) is 0 Å². The van der Waals surface area contributed by atoms with E-state index in [9.17, 15) is 5.11 Å². The van der Waals surface area contributed by atoms with E-state index in [0.29, 0.717) is 6.04 Å². The van der Waals surface area contributed by atoms with Gasteiger partial charge < -0.3 is 10.0 Å². The summed E-state index contributed by atoms with van der Waals surface area (Å²) < 4.78 is 0. The van der Waals surface area contributed by atoms with E-state index in [1.807, 2.05) is 25.1 Å². The molecule has 1 aromatic carbocycles. The molecule has 0 saturated heterocycles. The molecule has 0 aliphatic heterocycles. The zero-order valence-corrected chi connectivity index (χ0v) is 12.5. The summed E-state index contributed by atoms with van der Waals surface area (Å²) in [5, 5.41) is 12.0. The fourth-order valence-corrected chi connectivity index (χ4v) is 3.08. The van der Waals surface area contributed by atoms with Gasteiger partial charge in [-0.3, -0.25) is 0 Å². The monoisotopic (exact) mass is 275 g/mol. The fourth-order valence-electron chi connectivity index (χ4n) is 2.26. The number of aliphatic hydroxyl groups is 1. The summed E-state index contributed by atoms with van der Waals surface area (Å²) in [4.78, 5) is 3.65. The van der Waals surface area contributed by atoms with E-state index in [4.69, 9.17) is 0 Å². The number of aliphatic hydroxyl groups excluding tert-OH is 1. The Morgan fingerprint density at radius 1 is 1.16 bits per heavy atom. The van der Waals surface area contributed by atoms with Crippen molar-refractivity contribution in [3.8, 4) is 0 Å². The van der Waals surface area contributed by atoms with Crippen molar-refractivity contribution in [2.24, 2.45) is 0 Å². The zero-order chi connectivity index (χ0) is 13.8. The first-order valence-corrected chi connectivity index (χ1v) is 7.49. The summed E-state index contributed by atoms with van der Waals surface area (Å²) in [5.41, 5.74) is 2.10. The molecule has 1 heterocycles. The Balaban J connectivity index is 2.16. The molecular weight excluding hydrogens is 254 g/mol. The van der Waals surface area contributed by atoms with Crippen molar-refractivity contribution < 1.29 is 5.11 Å².